The summed E-state index contributed by atoms with van der Waals surface area (Å²) in [5.74, 6) is 0.255. The van der Waals surface area contributed by atoms with Gasteiger partial charge in [0.1, 0.15) is 5.78 Å². The number of hydrogen-bond donors (Lipinski definition) is 2. The summed E-state index contributed by atoms with van der Waals surface area (Å²) in [7, 11) is 0. The van der Waals surface area contributed by atoms with Gasteiger partial charge >= 0.3 is 0 Å². The number of carboxylic acid groups (broad SMARTS) is 1. The zero-order valence-electron chi connectivity index (χ0n) is 10.7. The number of aliphatic hydroxyl groups is 1. The summed E-state index contributed by atoms with van der Waals surface area (Å²) >= 11 is 0. The standard InChI is InChI=1S/C4H10O.C4H8O.C2H3N.CH2O2/c2*1-3-4(2)5;1-2-3;2-1-3/h4-5H,3H2,1-2H3;3H2,1-2H3;1H3;1H,(H,2,3). The summed E-state index contributed by atoms with van der Waals surface area (Å²) in [6.45, 7) is 8.34. The summed E-state index contributed by atoms with van der Waals surface area (Å²) < 4.78 is 0. The van der Waals surface area contributed by atoms with E-state index < -0.39 is 0 Å². The molecule has 1 atom stereocenters. The molecule has 5 nitrogen and oxygen atoms in total. The van der Waals surface area contributed by atoms with Gasteiger partial charge in [-0.25, -0.2) is 0 Å². The smallest absolute Gasteiger partial charge is 0.290 e. The molecular formula is C11H23NO4. The first-order valence-electron chi connectivity index (χ1n) is 4.93. The van der Waals surface area contributed by atoms with Gasteiger partial charge in [-0.05, 0) is 20.3 Å². The van der Waals surface area contributed by atoms with E-state index in [0.717, 1.165) is 6.42 Å². The van der Waals surface area contributed by atoms with Gasteiger partial charge in [0.25, 0.3) is 6.47 Å². The number of aliphatic hydroxyl groups excluding tert-OH is 1. The van der Waals surface area contributed by atoms with Crippen LogP contribution in [0.15, 0.2) is 0 Å². The van der Waals surface area contributed by atoms with Crippen molar-refractivity contribution in [3.63, 3.8) is 0 Å². The van der Waals surface area contributed by atoms with Gasteiger partial charge in [0.2, 0.25) is 0 Å². The van der Waals surface area contributed by atoms with Gasteiger partial charge in [-0.2, -0.15) is 5.26 Å². The molecule has 0 aromatic rings. The molecule has 0 saturated heterocycles. The van der Waals surface area contributed by atoms with Crippen LogP contribution in [0.3, 0.4) is 0 Å². The lowest BCUT2D eigenvalue weighted by molar-refractivity contribution is -0.123. The summed E-state index contributed by atoms with van der Waals surface area (Å²) in [4.78, 5) is 18.2. The number of hydrogen-bond acceptors (Lipinski definition) is 4. The molecule has 96 valence electrons. The first-order chi connectivity index (χ1) is 7.37. The molecule has 0 aliphatic carbocycles. The number of Topliss-reactive ketones (excluding diaryl/α,β-unsaturated/α-hetero) is 1. The van der Waals surface area contributed by atoms with Crippen LogP contribution in [0.5, 0.6) is 0 Å². The van der Waals surface area contributed by atoms with Crippen molar-refractivity contribution in [2.45, 2.75) is 53.6 Å². The minimum Gasteiger partial charge on any atom is -0.483 e. The number of carbonyl (C=O) groups excluding carboxylic acids is 1. The van der Waals surface area contributed by atoms with Crippen molar-refractivity contribution in [2.75, 3.05) is 0 Å². The van der Waals surface area contributed by atoms with Gasteiger partial charge in [-0.15, -0.1) is 0 Å². The minimum absolute atomic E-state index is 0.116. The Morgan fingerprint density at radius 2 is 1.62 bits per heavy atom. The fourth-order valence-electron chi connectivity index (χ4n) is 0. The normalized spacial score (nSPS) is 8.31. The van der Waals surface area contributed by atoms with Gasteiger partial charge in [-0.1, -0.05) is 13.8 Å². The lowest BCUT2D eigenvalue weighted by Crippen LogP contribution is -1.93. The van der Waals surface area contributed by atoms with Crippen LogP contribution in [-0.2, 0) is 9.59 Å². The van der Waals surface area contributed by atoms with Crippen LogP contribution in [0.2, 0.25) is 0 Å². The molecule has 0 fully saturated rings. The Morgan fingerprint density at radius 1 is 1.50 bits per heavy atom. The summed E-state index contributed by atoms with van der Waals surface area (Å²) in [6.07, 6.45) is 1.41. The van der Waals surface area contributed by atoms with Gasteiger partial charge < -0.3 is 15.0 Å². The monoisotopic (exact) mass is 233 g/mol. The van der Waals surface area contributed by atoms with E-state index in [1.807, 2.05) is 13.8 Å². The van der Waals surface area contributed by atoms with E-state index in [9.17, 15) is 4.79 Å². The molecule has 0 amide bonds. The van der Waals surface area contributed by atoms with Crippen molar-refractivity contribution in [2.24, 2.45) is 0 Å². The maximum Gasteiger partial charge on any atom is 0.290 e. The summed E-state index contributed by atoms with van der Waals surface area (Å²) in [5.41, 5.74) is 0. The Morgan fingerprint density at radius 3 is 1.62 bits per heavy atom. The van der Waals surface area contributed by atoms with Gasteiger partial charge in [0.05, 0.1) is 12.2 Å². The van der Waals surface area contributed by atoms with E-state index in [4.69, 9.17) is 20.3 Å². The molecule has 16 heavy (non-hydrogen) atoms. The maximum atomic E-state index is 9.81. The lowest BCUT2D eigenvalue weighted by Gasteiger charge is -1.90. The zero-order valence-corrected chi connectivity index (χ0v) is 10.7. The molecule has 0 saturated carbocycles. The van der Waals surface area contributed by atoms with E-state index in [-0.39, 0.29) is 18.4 Å². The number of nitrogens with zero attached hydrogens (tertiary/aromatic N) is 1. The number of carbonyl (C=O) groups is 2. The van der Waals surface area contributed by atoms with Crippen LogP contribution in [-0.4, -0.2) is 28.6 Å². The Hall–Kier alpha value is -1.41. The third-order valence-corrected chi connectivity index (χ3v) is 1.09. The fourth-order valence-corrected chi connectivity index (χ4v) is 0. The van der Waals surface area contributed by atoms with Gasteiger partial charge in [0.15, 0.2) is 0 Å². The molecule has 0 radical (unpaired) electrons. The predicted octanol–water partition coefficient (Wildman–Crippen LogP) is 1.99. The van der Waals surface area contributed by atoms with E-state index in [0.29, 0.717) is 6.42 Å². The van der Waals surface area contributed by atoms with Crippen molar-refractivity contribution >= 4 is 12.3 Å². The van der Waals surface area contributed by atoms with Crippen molar-refractivity contribution in [3.8, 4) is 6.07 Å². The third kappa shape index (κ3) is 252. The highest BCUT2D eigenvalue weighted by molar-refractivity contribution is 5.74. The molecule has 0 aliphatic heterocycles. The van der Waals surface area contributed by atoms with E-state index in [2.05, 4.69) is 0 Å². The highest BCUT2D eigenvalue weighted by Crippen LogP contribution is 1.81. The predicted molar refractivity (Wildman–Crippen MR) is 62.9 cm³/mol. The SMILES string of the molecule is CC#N.CCC(C)=O.CCC(C)O.O=CO. The van der Waals surface area contributed by atoms with Crippen LogP contribution in [0.1, 0.15) is 47.5 Å². The third-order valence-electron chi connectivity index (χ3n) is 1.09. The van der Waals surface area contributed by atoms with Gasteiger partial charge in [-0.3, -0.25) is 4.79 Å². The molecule has 0 rings (SSSR count). The Kier molecular flexibility index (Phi) is 43.8. The van der Waals surface area contributed by atoms with Crippen molar-refractivity contribution in [1.82, 2.24) is 0 Å². The molecule has 2 N–H and O–H groups in total. The van der Waals surface area contributed by atoms with Crippen LogP contribution in [0, 0.1) is 11.3 Å². The summed E-state index contributed by atoms with van der Waals surface area (Å²) in [6, 6.07) is 1.75. The molecule has 1 unspecified atom stereocenters. The zero-order chi connectivity index (χ0) is 14.0. The molecule has 0 spiro atoms. The van der Waals surface area contributed by atoms with Crippen molar-refractivity contribution in [1.29, 1.82) is 5.26 Å². The Balaban J connectivity index is -0.0000000621. The van der Waals surface area contributed by atoms with Gasteiger partial charge in [0, 0.05) is 13.3 Å². The minimum atomic E-state index is -0.250. The lowest BCUT2D eigenvalue weighted by atomic mass is 10.3. The van der Waals surface area contributed by atoms with Crippen molar-refractivity contribution in [3.05, 3.63) is 0 Å². The van der Waals surface area contributed by atoms with E-state index in [1.54, 1.807) is 19.9 Å². The highest BCUT2D eigenvalue weighted by atomic mass is 16.3. The largest absolute Gasteiger partial charge is 0.483 e. The molecule has 0 heterocycles. The molecule has 5 heteroatoms. The first kappa shape index (κ1) is 24.0. The quantitative estimate of drug-likeness (QED) is 0.711. The highest BCUT2D eigenvalue weighted by Gasteiger charge is 1.81. The second-order valence-electron chi connectivity index (χ2n) is 2.64. The second-order valence-corrected chi connectivity index (χ2v) is 2.64. The fraction of sp³-hybridized carbons (Fsp3) is 0.727. The second kappa shape index (κ2) is 29.2. The molecule has 0 bridgehead atoms. The first-order valence-corrected chi connectivity index (χ1v) is 4.93. The Bertz CT molecular complexity index is 173. The molecule has 0 aromatic heterocycles. The number of rotatable bonds is 2. The van der Waals surface area contributed by atoms with Crippen LogP contribution >= 0.6 is 0 Å². The van der Waals surface area contributed by atoms with Crippen molar-refractivity contribution < 1.29 is 19.8 Å². The molecular weight excluding hydrogens is 210 g/mol. The van der Waals surface area contributed by atoms with Crippen LogP contribution < -0.4 is 0 Å². The summed E-state index contributed by atoms with van der Waals surface area (Å²) in [5, 5.41) is 22.6. The van der Waals surface area contributed by atoms with Crippen LogP contribution in [0.25, 0.3) is 0 Å². The Labute approximate surface area is 97.7 Å². The van der Waals surface area contributed by atoms with E-state index >= 15 is 0 Å². The van der Waals surface area contributed by atoms with Crippen LogP contribution in [0.4, 0.5) is 0 Å². The average molecular weight is 233 g/mol. The number of ketones is 1. The molecule has 0 aliphatic rings. The number of nitriles is 1. The van der Waals surface area contributed by atoms with E-state index in [1.165, 1.54) is 6.92 Å². The average Bonchev–Trinajstić information content (AvgIpc) is 2.21. The topological polar surface area (TPSA) is 98.4 Å². The maximum absolute atomic E-state index is 9.81. The molecule has 0 aromatic carbocycles.